The van der Waals surface area contributed by atoms with Gasteiger partial charge in [0.25, 0.3) is 0 Å². The van der Waals surface area contributed by atoms with E-state index in [1.54, 1.807) is 6.07 Å². The maximum Gasteiger partial charge on any atom is 0.231 e. The summed E-state index contributed by atoms with van der Waals surface area (Å²) >= 11 is 6.46. The van der Waals surface area contributed by atoms with Crippen LogP contribution in [0.2, 0.25) is 5.02 Å². The van der Waals surface area contributed by atoms with E-state index in [2.05, 4.69) is 18.3 Å². The molecule has 1 unspecified atom stereocenters. The molecule has 118 valence electrons. The van der Waals surface area contributed by atoms with Crippen molar-refractivity contribution in [2.75, 3.05) is 12.1 Å². The molecule has 23 heavy (non-hydrogen) atoms. The van der Waals surface area contributed by atoms with Gasteiger partial charge in [-0.25, -0.2) is 0 Å². The van der Waals surface area contributed by atoms with Crippen molar-refractivity contribution in [3.05, 3.63) is 51.5 Å². The SMILES string of the molecule is Cc1cc2c(cc1C)C(c1cc3c(cc1Cl)OCO3)CC(=O)N2. The third-order valence-electron chi connectivity index (χ3n) is 4.57. The van der Waals surface area contributed by atoms with Crippen LogP contribution in [0.1, 0.15) is 34.6 Å². The van der Waals surface area contributed by atoms with Crippen molar-refractivity contribution in [3.8, 4) is 11.5 Å². The van der Waals surface area contributed by atoms with E-state index in [1.165, 1.54) is 5.56 Å². The van der Waals surface area contributed by atoms with Gasteiger partial charge in [-0.15, -0.1) is 0 Å². The number of hydrogen-bond donors (Lipinski definition) is 1. The van der Waals surface area contributed by atoms with Gasteiger partial charge in [0.2, 0.25) is 12.7 Å². The number of benzene rings is 2. The van der Waals surface area contributed by atoms with Crippen LogP contribution < -0.4 is 14.8 Å². The molecule has 2 aromatic carbocycles. The van der Waals surface area contributed by atoms with E-state index < -0.39 is 0 Å². The van der Waals surface area contributed by atoms with Gasteiger partial charge < -0.3 is 14.8 Å². The highest BCUT2D eigenvalue weighted by Gasteiger charge is 2.30. The van der Waals surface area contributed by atoms with Crippen LogP contribution in [-0.4, -0.2) is 12.7 Å². The molecule has 0 bridgehead atoms. The van der Waals surface area contributed by atoms with Crippen LogP contribution in [0, 0.1) is 13.8 Å². The van der Waals surface area contributed by atoms with Gasteiger partial charge in [-0.2, -0.15) is 0 Å². The molecule has 0 saturated heterocycles. The molecule has 2 aliphatic heterocycles. The van der Waals surface area contributed by atoms with Gasteiger partial charge in [0.05, 0.1) is 0 Å². The monoisotopic (exact) mass is 329 g/mol. The molecule has 1 atom stereocenters. The Bertz CT molecular complexity index is 832. The summed E-state index contributed by atoms with van der Waals surface area (Å²) in [4.78, 5) is 12.1. The maximum absolute atomic E-state index is 12.1. The number of amides is 1. The molecule has 1 N–H and O–H groups in total. The molecule has 0 saturated carbocycles. The Morgan fingerprint density at radius 1 is 1.04 bits per heavy atom. The molecule has 2 aliphatic rings. The van der Waals surface area contributed by atoms with Crippen molar-refractivity contribution in [1.29, 1.82) is 0 Å². The van der Waals surface area contributed by atoms with Crippen molar-refractivity contribution in [1.82, 2.24) is 0 Å². The van der Waals surface area contributed by atoms with Crippen molar-refractivity contribution < 1.29 is 14.3 Å². The first-order valence-corrected chi connectivity index (χ1v) is 7.91. The van der Waals surface area contributed by atoms with Crippen molar-refractivity contribution >= 4 is 23.2 Å². The Labute approximate surface area is 139 Å². The zero-order chi connectivity index (χ0) is 16.1. The maximum atomic E-state index is 12.1. The van der Waals surface area contributed by atoms with Gasteiger partial charge in [0.1, 0.15) is 0 Å². The quantitative estimate of drug-likeness (QED) is 0.854. The third kappa shape index (κ3) is 2.34. The van der Waals surface area contributed by atoms with Crippen LogP contribution in [0.3, 0.4) is 0 Å². The highest BCUT2D eigenvalue weighted by Crippen LogP contribution is 2.45. The van der Waals surface area contributed by atoms with E-state index in [4.69, 9.17) is 21.1 Å². The molecular formula is C18H16ClNO3. The Kier molecular flexibility index (Phi) is 3.23. The molecule has 0 aliphatic carbocycles. The zero-order valence-electron chi connectivity index (χ0n) is 12.9. The van der Waals surface area contributed by atoms with Gasteiger partial charge in [-0.3, -0.25) is 4.79 Å². The normalized spacial score (nSPS) is 18.6. The summed E-state index contributed by atoms with van der Waals surface area (Å²) < 4.78 is 10.8. The number of carbonyl (C=O) groups is 1. The van der Waals surface area contributed by atoms with Crippen LogP contribution in [0.25, 0.3) is 0 Å². The Hall–Kier alpha value is -2.20. The van der Waals surface area contributed by atoms with Gasteiger partial charge in [-0.1, -0.05) is 17.7 Å². The standard InChI is InChI=1S/C18H16ClNO3/c1-9-3-13-11(6-18(21)20-15(13)4-10(9)2)12-5-16-17(7-14(12)19)23-8-22-16/h3-5,7,11H,6,8H2,1-2H3,(H,20,21). The third-order valence-corrected chi connectivity index (χ3v) is 4.90. The summed E-state index contributed by atoms with van der Waals surface area (Å²) in [7, 11) is 0. The Balaban J connectivity index is 1.87. The summed E-state index contributed by atoms with van der Waals surface area (Å²) in [6, 6.07) is 7.82. The predicted octanol–water partition coefficient (Wildman–Crippen LogP) is 4.16. The minimum Gasteiger partial charge on any atom is -0.454 e. The Morgan fingerprint density at radius 2 is 1.74 bits per heavy atom. The smallest absolute Gasteiger partial charge is 0.231 e. The fraction of sp³-hybridized carbons (Fsp3) is 0.278. The molecular weight excluding hydrogens is 314 g/mol. The number of carbonyl (C=O) groups excluding carboxylic acids is 1. The number of rotatable bonds is 1. The van der Waals surface area contributed by atoms with Gasteiger partial charge in [0, 0.05) is 29.1 Å². The summed E-state index contributed by atoms with van der Waals surface area (Å²) in [6.07, 6.45) is 0.370. The molecule has 0 fully saturated rings. The van der Waals surface area contributed by atoms with E-state index in [9.17, 15) is 4.79 Å². The number of aryl methyl sites for hydroxylation is 2. The Morgan fingerprint density at radius 3 is 2.52 bits per heavy atom. The first-order chi connectivity index (χ1) is 11.0. The molecule has 0 radical (unpaired) electrons. The largest absolute Gasteiger partial charge is 0.454 e. The van der Waals surface area contributed by atoms with Gasteiger partial charge in [-0.05, 0) is 48.2 Å². The van der Waals surface area contributed by atoms with Gasteiger partial charge >= 0.3 is 0 Å². The summed E-state index contributed by atoms with van der Waals surface area (Å²) in [5.74, 6) is 1.25. The summed E-state index contributed by atoms with van der Waals surface area (Å²) in [5.41, 5.74) is 5.20. The topological polar surface area (TPSA) is 47.6 Å². The lowest BCUT2D eigenvalue weighted by molar-refractivity contribution is -0.116. The summed E-state index contributed by atoms with van der Waals surface area (Å²) in [6.45, 7) is 4.32. The molecule has 1 amide bonds. The molecule has 5 heteroatoms. The van der Waals surface area contributed by atoms with E-state index in [0.29, 0.717) is 22.9 Å². The van der Waals surface area contributed by atoms with Crippen LogP contribution in [-0.2, 0) is 4.79 Å². The number of anilines is 1. The minimum atomic E-state index is -0.0833. The molecule has 4 nitrogen and oxygen atoms in total. The fourth-order valence-corrected chi connectivity index (χ4v) is 3.49. The second kappa shape index (κ2) is 5.17. The molecule has 2 heterocycles. The average Bonchev–Trinajstić information content (AvgIpc) is 2.94. The molecule has 0 aromatic heterocycles. The lowest BCUT2D eigenvalue weighted by Crippen LogP contribution is -2.24. The second-order valence-electron chi connectivity index (χ2n) is 6.06. The van der Waals surface area contributed by atoms with Crippen molar-refractivity contribution in [3.63, 3.8) is 0 Å². The number of nitrogens with one attached hydrogen (secondary N) is 1. The van der Waals surface area contributed by atoms with E-state index in [1.807, 2.05) is 19.1 Å². The number of hydrogen-bond acceptors (Lipinski definition) is 3. The van der Waals surface area contributed by atoms with E-state index in [-0.39, 0.29) is 18.6 Å². The average molecular weight is 330 g/mol. The fourth-order valence-electron chi connectivity index (χ4n) is 3.21. The number of ether oxygens (including phenoxy) is 2. The van der Waals surface area contributed by atoms with E-state index in [0.717, 1.165) is 22.4 Å². The van der Waals surface area contributed by atoms with Crippen LogP contribution in [0.15, 0.2) is 24.3 Å². The first-order valence-electron chi connectivity index (χ1n) is 7.53. The lowest BCUT2D eigenvalue weighted by Gasteiger charge is -2.28. The van der Waals surface area contributed by atoms with Crippen LogP contribution in [0.4, 0.5) is 5.69 Å². The van der Waals surface area contributed by atoms with Crippen LogP contribution in [0.5, 0.6) is 11.5 Å². The van der Waals surface area contributed by atoms with Crippen LogP contribution >= 0.6 is 11.6 Å². The zero-order valence-corrected chi connectivity index (χ0v) is 13.7. The minimum absolute atomic E-state index is 0.000475. The predicted molar refractivity (Wildman–Crippen MR) is 88.6 cm³/mol. The number of fused-ring (bicyclic) bond motifs is 2. The van der Waals surface area contributed by atoms with Gasteiger partial charge in [0.15, 0.2) is 11.5 Å². The summed E-state index contributed by atoms with van der Waals surface area (Å²) in [5, 5.41) is 3.56. The lowest BCUT2D eigenvalue weighted by atomic mass is 9.83. The number of halogens is 1. The molecule has 0 spiro atoms. The highest BCUT2D eigenvalue weighted by molar-refractivity contribution is 6.31. The first kappa shape index (κ1) is 14.4. The van der Waals surface area contributed by atoms with E-state index >= 15 is 0 Å². The molecule has 2 aromatic rings. The van der Waals surface area contributed by atoms with Crippen molar-refractivity contribution in [2.24, 2.45) is 0 Å². The highest BCUT2D eigenvalue weighted by atomic mass is 35.5. The second-order valence-corrected chi connectivity index (χ2v) is 6.46. The molecule has 4 rings (SSSR count). The van der Waals surface area contributed by atoms with Crippen molar-refractivity contribution in [2.45, 2.75) is 26.2 Å².